The van der Waals surface area contributed by atoms with Crippen LogP contribution in [0.3, 0.4) is 0 Å². The summed E-state index contributed by atoms with van der Waals surface area (Å²) in [5.74, 6) is 0. The van der Waals surface area contributed by atoms with E-state index in [9.17, 15) is 0 Å². The van der Waals surface area contributed by atoms with Crippen molar-refractivity contribution in [1.82, 2.24) is 9.97 Å². The van der Waals surface area contributed by atoms with E-state index in [0.717, 1.165) is 5.69 Å². The third-order valence-corrected chi connectivity index (χ3v) is 0.963. The summed E-state index contributed by atoms with van der Waals surface area (Å²) < 4.78 is 0. The van der Waals surface area contributed by atoms with Crippen molar-refractivity contribution in [3.05, 3.63) is 31.2 Å². The lowest BCUT2D eigenvalue weighted by Crippen LogP contribution is -2.07. The molecule has 1 atom stereocenters. The van der Waals surface area contributed by atoms with Crippen LogP contribution in [0.25, 0.3) is 0 Å². The van der Waals surface area contributed by atoms with E-state index in [1.54, 1.807) is 18.6 Å². The molecule has 1 aromatic rings. The lowest BCUT2D eigenvalue weighted by molar-refractivity contribution is 0.845. The minimum absolute atomic E-state index is 0.265. The summed E-state index contributed by atoms with van der Waals surface area (Å²) in [5.41, 5.74) is 6.12. The predicted molar refractivity (Wildman–Crippen MR) is 34.3 cm³/mol. The van der Waals surface area contributed by atoms with Crippen LogP contribution in [0.2, 0.25) is 0 Å². The maximum Gasteiger partial charge on any atom is 0.0753 e. The van der Waals surface area contributed by atoms with Gasteiger partial charge in [-0.1, -0.05) is 0 Å². The third-order valence-electron chi connectivity index (χ3n) is 0.963. The molecule has 1 aromatic heterocycles. The molecule has 1 radical (unpaired) electrons. The van der Waals surface area contributed by atoms with Gasteiger partial charge in [-0.25, -0.2) is 0 Å². The van der Waals surface area contributed by atoms with Gasteiger partial charge in [-0.15, -0.1) is 0 Å². The van der Waals surface area contributed by atoms with Crippen molar-refractivity contribution in [3.63, 3.8) is 0 Å². The van der Waals surface area contributed by atoms with Gasteiger partial charge in [0.2, 0.25) is 0 Å². The molecule has 0 aliphatic rings. The summed E-state index contributed by atoms with van der Waals surface area (Å²) in [7, 11) is 0. The number of aromatic nitrogens is 2. The normalized spacial score (nSPS) is 13.1. The summed E-state index contributed by atoms with van der Waals surface area (Å²) in [6, 6.07) is -0.265. The van der Waals surface area contributed by atoms with E-state index in [0.29, 0.717) is 0 Å². The van der Waals surface area contributed by atoms with Crippen molar-refractivity contribution in [2.75, 3.05) is 0 Å². The van der Waals surface area contributed by atoms with Crippen molar-refractivity contribution in [3.8, 4) is 0 Å². The summed E-state index contributed by atoms with van der Waals surface area (Å²) in [6.45, 7) is 3.58. The maximum absolute atomic E-state index is 5.40. The smallest absolute Gasteiger partial charge is 0.0753 e. The van der Waals surface area contributed by atoms with Gasteiger partial charge in [-0.3, -0.25) is 9.97 Å². The molecule has 0 aromatic carbocycles. The Hall–Kier alpha value is -0.960. The van der Waals surface area contributed by atoms with Crippen molar-refractivity contribution < 1.29 is 0 Å². The molecule has 0 spiro atoms. The van der Waals surface area contributed by atoms with Crippen LogP contribution in [0.4, 0.5) is 0 Å². The SMILES string of the molecule is [CH2]C(N)c1cnccn1. The Balaban J connectivity index is 2.85. The molecule has 47 valence electrons. The fourth-order valence-corrected chi connectivity index (χ4v) is 0.502. The molecule has 9 heavy (non-hydrogen) atoms. The molecule has 0 aliphatic carbocycles. The molecule has 1 heterocycles. The topological polar surface area (TPSA) is 51.8 Å². The van der Waals surface area contributed by atoms with E-state index in [4.69, 9.17) is 5.73 Å². The fourth-order valence-electron chi connectivity index (χ4n) is 0.502. The van der Waals surface area contributed by atoms with Crippen LogP contribution in [0.1, 0.15) is 11.7 Å². The third kappa shape index (κ3) is 1.47. The molecule has 0 bridgehead atoms. The Morgan fingerprint density at radius 2 is 2.33 bits per heavy atom. The van der Waals surface area contributed by atoms with E-state index >= 15 is 0 Å². The van der Waals surface area contributed by atoms with Gasteiger partial charge in [0.1, 0.15) is 0 Å². The first-order chi connectivity index (χ1) is 4.30. The Morgan fingerprint density at radius 3 is 2.67 bits per heavy atom. The minimum atomic E-state index is -0.265. The first-order valence-electron chi connectivity index (χ1n) is 2.65. The molecule has 0 saturated carbocycles. The maximum atomic E-state index is 5.40. The van der Waals surface area contributed by atoms with Gasteiger partial charge in [0.05, 0.1) is 5.69 Å². The number of hydrogen-bond acceptors (Lipinski definition) is 3. The van der Waals surface area contributed by atoms with E-state index in [1.165, 1.54) is 0 Å². The molecule has 0 amide bonds. The molecule has 2 N–H and O–H groups in total. The number of nitrogens with two attached hydrogens (primary N) is 1. The highest BCUT2D eigenvalue weighted by molar-refractivity contribution is 5.01. The summed E-state index contributed by atoms with van der Waals surface area (Å²) in [5, 5.41) is 0. The fraction of sp³-hybridized carbons (Fsp3) is 0.167. The molecule has 3 heteroatoms. The van der Waals surface area contributed by atoms with E-state index in [-0.39, 0.29) is 6.04 Å². The second-order valence-electron chi connectivity index (χ2n) is 1.74. The van der Waals surface area contributed by atoms with Crippen LogP contribution < -0.4 is 5.73 Å². The van der Waals surface area contributed by atoms with Crippen molar-refractivity contribution in [1.29, 1.82) is 0 Å². The molecular weight excluding hydrogens is 114 g/mol. The summed E-state index contributed by atoms with van der Waals surface area (Å²) in [6.07, 6.45) is 4.81. The van der Waals surface area contributed by atoms with E-state index in [2.05, 4.69) is 16.9 Å². The van der Waals surface area contributed by atoms with Gasteiger partial charge in [0, 0.05) is 24.6 Å². The molecule has 0 fully saturated rings. The number of rotatable bonds is 1. The Morgan fingerprint density at radius 1 is 1.56 bits per heavy atom. The van der Waals surface area contributed by atoms with Crippen molar-refractivity contribution in [2.24, 2.45) is 5.73 Å². The first kappa shape index (κ1) is 6.16. The lowest BCUT2D eigenvalue weighted by Gasteiger charge is -1.99. The average molecular weight is 122 g/mol. The summed E-state index contributed by atoms with van der Waals surface area (Å²) >= 11 is 0. The second-order valence-corrected chi connectivity index (χ2v) is 1.74. The molecule has 1 unspecified atom stereocenters. The van der Waals surface area contributed by atoms with Crippen LogP contribution in [0.5, 0.6) is 0 Å². The van der Waals surface area contributed by atoms with Crippen molar-refractivity contribution >= 4 is 0 Å². The van der Waals surface area contributed by atoms with Crippen LogP contribution in [0.15, 0.2) is 18.6 Å². The Bertz CT molecular complexity index is 171. The van der Waals surface area contributed by atoms with Gasteiger partial charge in [-0.05, 0) is 6.92 Å². The first-order valence-corrected chi connectivity index (χ1v) is 2.65. The largest absolute Gasteiger partial charge is 0.323 e. The van der Waals surface area contributed by atoms with Crippen LogP contribution in [-0.2, 0) is 0 Å². The molecule has 0 saturated heterocycles. The monoisotopic (exact) mass is 122 g/mol. The highest BCUT2D eigenvalue weighted by Gasteiger charge is 1.96. The average Bonchev–Trinajstić information content (AvgIpc) is 1.90. The van der Waals surface area contributed by atoms with Gasteiger partial charge in [-0.2, -0.15) is 0 Å². The van der Waals surface area contributed by atoms with Gasteiger partial charge in [0.25, 0.3) is 0 Å². The quantitative estimate of drug-likeness (QED) is 0.583. The molecule has 1 rings (SSSR count). The Kier molecular flexibility index (Phi) is 1.75. The zero-order valence-electron chi connectivity index (χ0n) is 4.99. The highest BCUT2D eigenvalue weighted by Crippen LogP contribution is 1.99. The lowest BCUT2D eigenvalue weighted by atomic mass is 10.3. The van der Waals surface area contributed by atoms with Crippen LogP contribution in [-0.4, -0.2) is 9.97 Å². The Labute approximate surface area is 53.9 Å². The van der Waals surface area contributed by atoms with E-state index < -0.39 is 0 Å². The van der Waals surface area contributed by atoms with Crippen LogP contribution in [0, 0.1) is 6.92 Å². The molecular formula is C6H8N3. The summed E-state index contributed by atoms with van der Waals surface area (Å²) in [4.78, 5) is 7.75. The zero-order chi connectivity index (χ0) is 6.69. The molecule has 0 aliphatic heterocycles. The highest BCUT2D eigenvalue weighted by atomic mass is 14.8. The van der Waals surface area contributed by atoms with E-state index in [1.807, 2.05) is 0 Å². The van der Waals surface area contributed by atoms with Gasteiger partial charge >= 0.3 is 0 Å². The van der Waals surface area contributed by atoms with Crippen LogP contribution >= 0.6 is 0 Å². The zero-order valence-corrected chi connectivity index (χ0v) is 4.99. The number of nitrogens with zero attached hydrogens (tertiary/aromatic N) is 2. The standard InChI is InChI=1S/C6H8N3/c1-5(7)6-4-8-2-3-9-6/h2-5H,1,7H2. The molecule has 3 nitrogen and oxygen atoms in total. The predicted octanol–water partition coefficient (Wildman–Crippen LogP) is 0.310. The second kappa shape index (κ2) is 2.55. The van der Waals surface area contributed by atoms with Crippen molar-refractivity contribution in [2.45, 2.75) is 6.04 Å². The van der Waals surface area contributed by atoms with Gasteiger partial charge in [0.15, 0.2) is 0 Å². The van der Waals surface area contributed by atoms with Gasteiger partial charge < -0.3 is 5.73 Å². The minimum Gasteiger partial charge on any atom is -0.323 e. The number of hydrogen-bond donors (Lipinski definition) is 1.